The summed E-state index contributed by atoms with van der Waals surface area (Å²) < 4.78 is 8.14. The van der Waals surface area contributed by atoms with E-state index in [0.29, 0.717) is 19.7 Å². The number of carbonyl (C=O) groups excluding carboxylic acids is 2. The molecule has 0 atom stereocenters. The number of hydrogen-bond acceptors (Lipinski definition) is 5. The first-order valence-corrected chi connectivity index (χ1v) is 10.5. The maximum Gasteiger partial charge on any atom is 0.325 e. The van der Waals surface area contributed by atoms with E-state index in [4.69, 9.17) is 27.9 Å². The zero-order valence-corrected chi connectivity index (χ0v) is 17.6. The third-order valence-corrected chi connectivity index (χ3v) is 7.03. The van der Waals surface area contributed by atoms with Crippen LogP contribution in [0.2, 0.25) is 10.0 Å². The van der Waals surface area contributed by atoms with E-state index in [1.165, 1.54) is 29.8 Å². The van der Waals surface area contributed by atoms with Crippen LogP contribution in [0, 0.1) is 0 Å². The van der Waals surface area contributed by atoms with Gasteiger partial charge in [-0.3, -0.25) is 9.59 Å². The van der Waals surface area contributed by atoms with Crippen LogP contribution < -0.4 is 4.80 Å². The number of halogens is 2. The lowest BCUT2D eigenvalue weighted by molar-refractivity contribution is -0.141. The van der Waals surface area contributed by atoms with E-state index >= 15 is 0 Å². The molecule has 0 N–H and O–H groups in total. The molecule has 9 heteroatoms. The number of thiazole rings is 1. The Kier molecular flexibility index (Phi) is 5.25. The molecule has 0 aliphatic carbocycles. The van der Waals surface area contributed by atoms with Crippen LogP contribution in [0.1, 0.15) is 9.67 Å². The van der Waals surface area contributed by atoms with Crippen LogP contribution in [0.15, 0.2) is 47.5 Å². The van der Waals surface area contributed by atoms with Crippen molar-refractivity contribution in [2.24, 2.45) is 4.99 Å². The first-order chi connectivity index (χ1) is 13.5. The molecule has 0 saturated carbocycles. The number of carbonyl (C=O) groups is 2. The average Bonchev–Trinajstić information content (AvgIpc) is 3.19. The van der Waals surface area contributed by atoms with Crippen LogP contribution >= 0.6 is 45.9 Å². The Balaban J connectivity index is 1.87. The van der Waals surface area contributed by atoms with Gasteiger partial charge in [0, 0.05) is 15.1 Å². The molecular formula is C19H12Cl2N2O3S2. The summed E-state index contributed by atoms with van der Waals surface area (Å²) in [6.07, 6.45) is 0. The minimum atomic E-state index is -0.456. The van der Waals surface area contributed by atoms with E-state index in [1.807, 2.05) is 24.3 Å². The highest BCUT2D eigenvalue weighted by molar-refractivity contribution is 7.21. The molecule has 0 aliphatic heterocycles. The summed E-state index contributed by atoms with van der Waals surface area (Å²) in [5.74, 6) is -0.897. The topological polar surface area (TPSA) is 60.7 Å². The van der Waals surface area contributed by atoms with Gasteiger partial charge in [-0.1, -0.05) is 52.7 Å². The minimum absolute atomic E-state index is 0.0651. The molecule has 142 valence electrons. The normalized spacial score (nSPS) is 12.0. The van der Waals surface area contributed by atoms with Gasteiger partial charge in [0.15, 0.2) is 4.80 Å². The van der Waals surface area contributed by atoms with Gasteiger partial charge in [-0.15, -0.1) is 11.3 Å². The molecule has 0 radical (unpaired) electrons. The number of thiophene rings is 1. The Morgan fingerprint density at radius 1 is 1.11 bits per heavy atom. The average molecular weight is 451 g/mol. The fourth-order valence-electron chi connectivity index (χ4n) is 2.77. The van der Waals surface area contributed by atoms with Crippen molar-refractivity contribution in [2.75, 3.05) is 7.11 Å². The van der Waals surface area contributed by atoms with Gasteiger partial charge in [-0.05, 0) is 24.3 Å². The Morgan fingerprint density at radius 3 is 2.64 bits per heavy atom. The second kappa shape index (κ2) is 7.67. The number of fused-ring (bicyclic) bond motifs is 2. The van der Waals surface area contributed by atoms with Gasteiger partial charge in [0.05, 0.1) is 22.3 Å². The van der Waals surface area contributed by atoms with Crippen molar-refractivity contribution < 1.29 is 14.3 Å². The Morgan fingerprint density at radius 2 is 1.89 bits per heavy atom. The van der Waals surface area contributed by atoms with Crippen LogP contribution in [0.4, 0.5) is 0 Å². The highest BCUT2D eigenvalue weighted by atomic mass is 35.5. The fraction of sp³-hybridized carbons (Fsp3) is 0.105. The zero-order valence-electron chi connectivity index (χ0n) is 14.4. The van der Waals surface area contributed by atoms with Crippen LogP contribution in [-0.4, -0.2) is 23.6 Å². The molecular weight excluding hydrogens is 439 g/mol. The van der Waals surface area contributed by atoms with Crippen molar-refractivity contribution in [3.63, 3.8) is 0 Å². The number of nitrogens with zero attached hydrogens (tertiary/aromatic N) is 2. The molecule has 2 aromatic heterocycles. The highest BCUT2D eigenvalue weighted by Crippen LogP contribution is 2.35. The number of esters is 1. The molecule has 0 spiro atoms. The predicted molar refractivity (Wildman–Crippen MR) is 114 cm³/mol. The lowest BCUT2D eigenvalue weighted by Gasteiger charge is -2.03. The highest BCUT2D eigenvalue weighted by Gasteiger charge is 2.18. The molecule has 1 amide bonds. The summed E-state index contributed by atoms with van der Waals surface area (Å²) in [5, 5.41) is 1.76. The number of amides is 1. The summed E-state index contributed by atoms with van der Waals surface area (Å²) in [7, 11) is 1.31. The molecule has 0 fully saturated rings. The SMILES string of the molecule is COC(=O)Cn1c(=NC(=O)c2sc3ccccc3c2Cl)sc2cc(Cl)ccc21. The smallest absolute Gasteiger partial charge is 0.325 e. The molecule has 4 aromatic rings. The minimum Gasteiger partial charge on any atom is -0.468 e. The maximum absolute atomic E-state index is 12.9. The van der Waals surface area contributed by atoms with E-state index in [1.54, 1.807) is 22.8 Å². The summed E-state index contributed by atoms with van der Waals surface area (Å²) >= 11 is 15.0. The number of ether oxygens (including phenoxy) is 1. The Bertz CT molecular complexity index is 1300. The van der Waals surface area contributed by atoms with E-state index in [9.17, 15) is 9.59 Å². The van der Waals surface area contributed by atoms with Gasteiger partial charge in [0.25, 0.3) is 5.91 Å². The molecule has 2 aromatic carbocycles. The first-order valence-electron chi connectivity index (χ1n) is 8.09. The van der Waals surface area contributed by atoms with Crippen LogP contribution in [0.5, 0.6) is 0 Å². The molecule has 0 bridgehead atoms. The second-order valence-corrected chi connectivity index (χ2v) is 8.69. The monoisotopic (exact) mass is 450 g/mol. The van der Waals surface area contributed by atoms with E-state index in [-0.39, 0.29) is 6.54 Å². The van der Waals surface area contributed by atoms with Gasteiger partial charge >= 0.3 is 5.97 Å². The van der Waals surface area contributed by atoms with Crippen LogP contribution in [0.3, 0.4) is 0 Å². The number of benzene rings is 2. The van der Waals surface area contributed by atoms with E-state index in [0.717, 1.165) is 20.3 Å². The van der Waals surface area contributed by atoms with Crippen molar-refractivity contribution in [1.29, 1.82) is 0 Å². The van der Waals surface area contributed by atoms with Crippen molar-refractivity contribution in [3.8, 4) is 0 Å². The number of rotatable bonds is 3. The van der Waals surface area contributed by atoms with Crippen LogP contribution in [-0.2, 0) is 16.1 Å². The van der Waals surface area contributed by atoms with E-state index < -0.39 is 11.9 Å². The number of methoxy groups -OCH3 is 1. The van der Waals surface area contributed by atoms with Gasteiger partial charge in [-0.2, -0.15) is 4.99 Å². The summed E-state index contributed by atoms with van der Waals surface area (Å²) in [5.41, 5.74) is 0.744. The van der Waals surface area contributed by atoms with Crippen molar-refractivity contribution in [3.05, 3.63) is 62.2 Å². The van der Waals surface area contributed by atoms with Crippen molar-refractivity contribution >= 4 is 78.1 Å². The fourth-order valence-corrected chi connectivity index (χ4v) is 5.47. The lowest BCUT2D eigenvalue weighted by atomic mass is 10.2. The Hall–Kier alpha value is -2.19. The first kappa shape index (κ1) is 19.1. The van der Waals surface area contributed by atoms with Crippen LogP contribution in [0.25, 0.3) is 20.3 Å². The van der Waals surface area contributed by atoms with Gasteiger partial charge in [0.1, 0.15) is 11.4 Å². The Labute approximate surface area is 177 Å². The summed E-state index contributed by atoms with van der Waals surface area (Å²) in [6.45, 7) is -0.0651. The van der Waals surface area contributed by atoms with E-state index in [2.05, 4.69) is 4.99 Å². The summed E-state index contributed by atoms with van der Waals surface area (Å²) in [4.78, 5) is 29.7. The third-order valence-electron chi connectivity index (χ3n) is 4.09. The molecule has 0 aliphatic rings. The molecule has 4 rings (SSSR count). The predicted octanol–water partition coefficient (Wildman–Crippen LogP) is 5.14. The standard InChI is InChI=1S/C19H12Cl2N2O3S2/c1-26-15(24)9-23-12-7-6-10(20)8-14(12)28-19(23)22-18(25)17-16(21)11-4-2-3-5-13(11)27-17/h2-8H,9H2,1H3. The van der Waals surface area contributed by atoms with Gasteiger partial charge in [0.2, 0.25) is 0 Å². The largest absolute Gasteiger partial charge is 0.468 e. The lowest BCUT2D eigenvalue weighted by Crippen LogP contribution is -2.22. The quantitative estimate of drug-likeness (QED) is 0.406. The summed E-state index contributed by atoms with van der Waals surface area (Å²) in [6, 6.07) is 12.8. The molecule has 28 heavy (non-hydrogen) atoms. The van der Waals surface area contributed by atoms with Gasteiger partial charge < -0.3 is 9.30 Å². The zero-order chi connectivity index (χ0) is 19.8. The van der Waals surface area contributed by atoms with Crippen molar-refractivity contribution in [2.45, 2.75) is 6.54 Å². The van der Waals surface area contributed by atoms with Crippen molar-refractivity contribution in [1.82, 2.24) is 4.57 Å². The number of hydrogen-bond donors (Lipinski definition) is 0. The molecule has 5 nitrogen and oxygen atoms in total. The van der Waals surface area contributed by atoms with Gasteiger partial charge in [-0.25, -0.2) is 0 Å². The third kappa shape index (κ3) is 3.46. The molecule has 0 saturated heterocycles. The molecule has 0 unspecified atom stereocenters. The molecule has 2 heterocycles. The second-order valence-electron chi connectivity index (χ2n) is 5.82. The number of aromatic nitrogens is 1. The maximum atomic E-state index is 12.9.